The zero-order valence-electron chi connectivity index (χ0n) is 11.5. The molecule has 1 aromatic heterocycles. The molecule has 1 atom stereocenters. The molecule has 0 bridgehead atoms. The fraction of sp³-hybridized carbons (Fsp3) is 0.200. The molecule has 6 heteroatoms. The lowest BCUT2D eigenvalue weighted by atomic mass is 10.1. The van der Waals surface area contributed by atoms with Gasteiger partial charge in [0, 0.05) is 13.2 Å². The molecule has 0 radical (unpaired) electrons. The predicted molar refractivity (Wildman–Crippen MR) is 81.2 cm³/mol. The quantitative estimate of drug-likeness (QED) is 0.785. The maximum atomic E-state index is 13.0. The third-order valence-corrected chi connectivity index (χ3v) is 3.81. The summed E-state index contributed by atoms with van der Waals surface area (Å²) in [5, 5.41) is 0.438. The number of carbonyl (C=O) groups excluding carboxylic acids is 1. The first-order chi connectivity index (χ1) is 9.90. The Hall–Kier alpha value is -1.65. The summed E-state index contributed by atoms with van der Waals surface area (Å²) < 4.78 is 13.0. The molecule has 1 heterocycles. The Bertz CT molecular complexity index is 661. The molecule has 2 rings (SSSR count). The first-order valence-corrected chi connectivity index (χ1v) is 6.99. The van der Waals surface area contributed by atoms with Crippen molar-refractivity contribution in [2.24, 2.45) is 0 Å². The van der Waals surface area contributed by atoms with Gasteiger partial charge in [0.2, 0.25) is 0 Å². The van der Waals surface area contributed by atoms with Gasteiger partial charge in [0.1, 0.15) is 11.0 Å². The molecule has 0 fully saturated rings. The number of carbonyl (C=O) groups is 1. The van der Waals surface area contributed by atoms with Crippen LogP contribution in [0.15, 0.2) is 36.5 Å². The summed E-state index contributed by atoms with van der Waals surface area (Å²) in [7, 11) is 1.65. The van der Waals surface area contributed by atoms with Gasteiger partial charge in [-0.15, -0.1) is 0 Å². The first-order valence-electron chi connectivity index (χ1n) is 6.24. The Morgan fingerprint density at radius 2 is 1.90 bits per heavy atom. The van der Waals surface area contributed by atoms with Crippen molar-refractivity contribution >= 4 is 29.1 Å². The molecule has 0 spiro atoms. The predicted octanol–water partition coefficient (Wildman–Crippen LogP) is 4.36. The SMILES string of the molecule is CC(c1ccc(F)cc1)N(C)C(=O)c1cc(Cl)ncc1Cl. The Labute approximate surface area is 132 Å². The second kappa shape index (κ2) is 6.41. The van der Waals surface area contributed by atoms with E-state index >= 15 is 0 Å². The van der Waals surface area contributed by atoms with Crippen LogP contribution in [-0.4, -0.2) is 22.8 Å². The molecule has 0 saturated heterocycles. The van der Waals surface area contributed by atoms with Crippen molar-refractivity contribution in [1.29, 1.82) is 0 Å². The van der Waals surface area contributed by atoms with Gasteiger partial charge >= 0.3 is 0 Å². The summed E-state index contributed by atoms with van der Waals surface area (Å²) in [4.78, 5) is 17.8. The van der Waals surface area contributed by atoms with Gasteiger partial charge < -0.3 is 4.90 Å². The molecule has 0 aliphatic rings. The van der Waals surface area contributed by atoms with Crippen LogP contribution in [0.4, 0.5) is 4.39 Å². The highest BCUT2D eigenvalue weighted by Gasteiger charge is 2.21. The van der Waals surface area contributed by atoms with Gasteiger partial charge in [-0.3, -0.25) is 4.79 Å². The maximum absolute atomic E-state index is 13.0. The summed E-state index contributed by atoms with van der Waals surface area (Å²) in [6, 6.07) is 7.21. The molecule has 1 amide bonds. The minimum atomic E-state index is -0.316. The van der Waals surface area contributed by atoms with E-state index in [1.807, 2.05) is 6.92 Å². The zero-order chi connectivity index (χ0) is 15.6. The van der Waals surface area contributed by atoms with Gasteiger partial charge in [-0.1, -0.05) is 35.3 Å². The highest BCUT2D eigenvalue weighted by atomic mass is 35.5. The monoisotopic (exact) mass is 326 g/mol. The van der Waals surface area contributed by atoms with Gasteiger partial charge in [0.05, 0.1) is 16.6 Å². The largest absolute Gasteiger partial charge is 0.335 e. The Balaban J connectivity index is 2.26. The van der Waals surface area contributed by atoms with Crippen LogP contribution in [0.2, 0.25) is 10.2 Å². The number of benzene rings is 1. The number of hydrogen-bond acceptors (Lipinski definition) is 2. The van der Waals surface area contributed by atoms with Crippen LogP contribution in [0.3, 0.4) is 0 Å². The highest BCUT2D eigenvalue weighted by Crippen LogP contribution is 2.25. The van der Waals surface area contributed by atoms with E-state index in [1.165, 1.54) is 29.3 Å². The molecule has 1 aromatic carbocycles. The fourth-order valence-corrected chi connectivity index (χ4v) is 2.25. The standard InChI is InChI=1S/C15H13Cl2FN2O/c1-9(10-3-5-11(18)6-4-10)20(2)15(21)12-7-14(17)19-8-13(12)16/h3-9H,1-2H3. The van der Waals surface area contributed by atoms with Gasteiger partial charge in [0.25, 0.3) is 5.91 Å². The average molecular weight is 327 g/mol. The van der Waals surface area contributed by atoms with Gasteiger partial charge in [-0.25, -0.2) is 9.37 Å². The Morgan fingerprint density at radius 1 is 1.29 bits per heavy atom. The van der Waals surface area contributed by atoms with Crippen molar-refractivity contribution in [2.75, 3.05) is 7.05 Å². The van der Waals surface area contributed by atoms with E-state index in [0.717, 1.165) is 5.56 Å². The van der Waals surface area contributed by atoms with Crippen LogP contribution >= 0.6 is 23.2 Å². The maximum Gasteiger partial charge on any atom is 0.255 e. The van der Waals surface area contributed by atoms with E-state index in [9.17, 15) is 9.18 Å². The lowest BCUT2D eigenvalue weighted by Crippen LogP contribution is -2.30. The second-order valence-corrected chi connectivity index (χ2v) is 5.42. The van der Waals surface area contributed by atoms with Crippen molar-refractivity contribution in [2.45, 2.75) is 13.0 Å². The van der Waals surface area contributed by atoms with Crippen LogP contribution in [0.25, 0.3) is 0 Å². The normalized spacial score (nSPS) is 12.0. The van der Waals surface area contributed by atoms with E-state index in [2.05, 4.69) is 4.98 Å². The lowest BCUT2D eigenvalue weighted by Gasteiger charge is -2.25. The molecular formula is C15H13Cl2FN2O. The topological polar surface area (TPSA) is 33.2 Å². The minimum Gasteiger partial charge on any atom is -0.335 e. The summed E-state index contributed by atoms with van der Waals surface area (Å²) in [5.74, 6) is -0.593. The van der Waals surface area contributed by atoms with Gasteiger partial charge in [-0.2, -0.15) is 0 Å². The molecular weight excluding hydrogens is 314 g/mol. The van der Waals surface area contributed by atoms with Crippen LogP contribution in [0.1, 0.15) is 28.9 Å². The minimum absolute atomic E-state index is 0.200. The van der Waals surface area contributed by atoms with Gasteiger partial charge in [0.15, 0.2) is 0 Å². The van der Waals surface area contributed by atoms with Crippen LogP contribution in [0.5, 0.6) is 0 Å². The van der Waals surface area contributed by atoms with Crippen molar-refractivity contribution in [3.8, 4) is 0 Å². The number of pyridine rings is 1. The number of rotatable bonds is 3. The first kappa shape index (κ1) is 15.7. The molecule has 0 saturated carbocycles. The third kappa shape index (κ3) is 3.52. The van der Waals surface area contributed by atoms with Gasteiger partial charge in [-0.05, 0) is 30.7 Å². The van der Waals surface area contributed by atoms with E-state index in [1.54, 1.807) is 19.2 Å². The summed E-state index contributed by atoms with van der Waals surface area (Å²) in [6.45, 7) is 1.85. The van der Waals surface area contributed by atoms with Crippen LogP contribution < -0.4 is 0 Å². The number of amides is 1. The van der Waals surface area contributed by atoms with E-state index in [-0.39, 0.29) is 33.5 Å². The number of hydrogen-bond donors (Lipinski definition) is 0. The summed E-state index contributed by atoms with van der Waals surface area (Å²) in [6.07, 6.45) is 1.34. The van der Waals surface area contributed by atoms with Crippen molar-refractivity contribution in [3.63, 3.8) is 0 Å². The number of halogens is 3. The molecule has 0 aliphatic heterocycles. The Morgan fingerprint density at radius 3 is 2.52 bits per heavy atom. The smallest absolute Gasteiger partial charge is 0.255 e. The molecule has 3 nitrogen and oxygen atoms in total. The third-order valence-electron chi connectivity index (χ3n) is 3.31. The van der Waals surface area contributed by atoms with E-state index in [0.29, 0.717) is 0 Å². The molecule has 110 valence electrons. The number of aromatic nitrogens is 1. The van der Waals surface area contributed by atoms with E-state index in [4.69, 9.17) is 23.2 Å². The van der Waals surface area contributed by atoms with E-state index < -0.39 is 0 Å². The van der Waals surface area contributed by atoms with Crippen LogP contribution in [0, 0.1) is 5.82 Å². The zero-order valence-corrected chi connectivity index (χ0v) is 13.0. The summed E-state index contributed by atoms with van der Waals surface area (Å²) >= 11 is 11.8. The average Bonchev–Trinajstić information content (AvgIpc) is 2.48. The molecule has 0 N–H and O–H groups in total. The highest BCUT2D eigenvalue weighted by molar-refractivity contribution is 6.35. The lowest BCUT2D eigenvalue weighted by molar-refractivity contribution is 0.0742. The summed E-state index contributed by atoms with van der Waals surface area (Å²) in [5.41, 5.74) is 1.11. The molecule has 2 aromatic rings. The Kier molecular flexibility index (Phi) is 4.80. The molecule has 0 aliphatic carbocycles. The van der Waals surface area contributed by atoms with Crippen molar-refractivity contribution < 1.29 is 9.18 Å². The molecule has 1 unspecified atom stereocenters. The second-order valence-electron chi connectivity index (χ2n) is 4.63. The van der Waals surface area contributed by atoms with Crippen molar-refractivity contribution in [3.05, 3.63) is 63.6 Å². The fourth-order valence-electron chi connectivity index (χ4n) is 1.91. The number of nitrogens with zero attached hydrogens (tertiary/aromatic N) is 2. The van der Waals surface area contributed by atoms with Crippen molar-refractivity contribution in [1.82, 2.24) is 9.88 Å². The van der Waals surface area contributed by atoms with Crippen LogP contribution in [-0.2, 0) is 0 Å². The molecule has 21 heavy (non-hydrogen) atoms.